The molecule has 0 aliphatic carbocycles. The third-order valence-electron chi connectivity index (χ3n) is 3.87. The minimum Gasteiger partial charge on any atom is -0.493 e. The second-order valence-electron chi connectivity index (χ2n) is 6.00. The Kier molecular flexibility index (Phi) is 6.67. The first kappa shape index (κ1) is 17.6. The summed E-state index contributed by atoms with van der Waals surface area (Å²) in [5.74, 6) is 1.48. The van der Waals surface area contributed by atoms with E-state index in [-0.39, 0.29) is 11.9 Å². The lowest BCUT2D eigenvalue weighted by Crippen LogP contribution is -2.39. The van der Waals surface area contributed by atoms with Gasteiger partial charge in [0.05, 0.1) is 13.2 Å². The van der Waals surface area contributed by atoms with E-state index in [4.69, 9.17) is 9.47 Å². The maximum Gasteiger partial charge on any atom is 0.237 e. The summed E-state index contributed by atoms with van der Waals surface area (Å²) in [6, 6.07) is 5.71. The molecule has 6 heteroatoms. The van der Waals surface area contributed by atoms with Gasteiger partial charge in [0.1, 0.15) is 6.61 Å². The Morgan fingerprint density at radius 1 is 1.39 bits per heavy atom. The number of hydrogen-bond acceptors (Lipinski definition) is 5. The molecule has 2 N–H and O–H groups in total. The summed E-state index contributed by atoms with van der Waals surface area (Å²) in [5, 5.41) is 6.16. The predicted octanol–water partition coefficient (Wildman–Crippen LogP) is 1.00. The van der Waals surface area contributed by atoms with Crippen LogP contribution in [0.3, 0.4) is 0 Å². The molecule has 1 atom stereocenters. The fourth-order valence-electron chi connectivity index (χ4n) is 2.50. The van der Waals surface area contributed by atoms with Crippen LogP contribution >= 0.6 is 0 Å². The number of nitrogens with one attached hydrogen (secondary N) is 2. The fraction of sp³-hybridized carbons (Fsp3) is 0.588. The summed E-state index contributed by atoms with van der Waals surface area (Å²) in [6.07, 6.45) is 1.97. The van der Waals surface area contributed by atoms with Crippen LogP contribution in [-0.4, -0.2) is 57.8 Å². The number of carbonyl (C=O) groups is 1. The highest BCUT2D eigenvalue weighted by atomic mass is 16.5. The predicted molar refractivity (Wildman–Crippen MR) is 89.9 cm³/mol. The second kappa shape index (κ2) is 8.74. The quantitative estimate of drug-likeness (QED) is 0.748. The highest BCUT2D eigenvalue weighted by molar-refractivity contribution is 5.82. The third kappa shape index (κ3) is 5.41. The molecule has 1 aliphatic rings. The topological polar surface area (TPSA) is 62.8 Å². The Hall–Kier alpha value is -1.79. The molecule has 1 fully saturated rings. The van der Waals surface area contributed by atoms with Crippen LogP contribution in [0.5, 0.6) is 11.5 Å². The van der Waals surface area contributed by atoms with Gasteiger partial charge in [-0.1, -0.05) is 6.07 Å². The smallest absolute Gasteiger partial charge is 0.237 e. The van der Waals surface area contributed by atoms with Gasteiger partial charge >= 0.3 is 0 Å². The molecular formula is C17H27N3O3. The summed E-state index contributed by atoms with van der Waals surface area (Å²) < 4.78 is 11.1. The second-order valence-corrected chi connectivity index (χ2v) is 6.00. The molecule has 1 unspecified atom stereocenters. The van der Waals surface area contributed by atoms with Crippen molar-refractivity contribution in [1.29, 1.82) is 0 Å². The van der Waals surface area contributed by atoms with E-state index in [9.17, 15) is 4.79 Å². The average molecular weight is 321 g/mol. The molecular weight excluding hydrogens is 294 g/mol. The molecule has 1 aliphatic heterocycles. The Balaban J connectivity index is 1.88. The molecule has 1 heterocycles. The van der Waals surface area contributed by atoms with Gasteiger partial charge in [0.25, 0.3) is 0 Å². The van der Waals surface area contributed by atoms with E-state index in [1.165, 1.54) is 0 Å². The standard InChI is InChI=1S/C17H27N3O3/c1-20(2)9-10-23-15-7-6-13(11-16(15)22-3)12-19-17(21)14-5-4-8-18-14/h6-7,11,14,18H,4-5,8-10,12H2,1-3H3,(H,19,21). The van der Waals surface area contributed by atoms with Crippen molar-refractivity contribution in [3.05, 3.63) is 23.8 Å². The number of carbonyl (C=O) groups excluding carboxylic acids is 1. The molecule has 1 aromatic rings. The maximum absolute atomic E-state index is 12.0. The monoisotopic (exact) mass is 321 g/mol. The van der Waals surface area contributed by atoms with Gasteiger partial charge in [-0.25, -0.2) is 0 Å². The highest BCUT2D eigenvalue weighted by Crippen LogP contribution is 2.28. The molecule has 1 saturated heterocycles. The first-order valence-corrected chi connectivity index (χ1v) is 8.05. The molecule has 0 aromatic heterocycles. The van der Waals surface area contributed by atoms with Crippen LogP contribution in [0.15, 0.2) is 18.2 Å². The number of nitrogens with zero attached hydrogens (tertiary/aromatic N) is 1. The average Bonchev–Trinajstić information content (AvgIpc) is 3.07. The Bertz CT molecular complexity index is 514. The lowest BCUT2D eigenvalue weighted by atomic mass is 10.1. The number of hydrogen-bond donors (Lipinski definition) is 2. The van der Waals surface area contributed by atoms with E-state index in [0.717, 1.165) is 37.2 Å². The van der Waals surface area contributed by atoms with E-state index in [1.807, 2.05) is 32.3 Å². The highest BCUT2D eigenvalue weighted by Gasteiger charge is 2.21. The van der Waals surface area contributed by atoms with Crippen molar-refractivity contribution < 1.29 is 14.3 Å². The number of likely N-dealkylation sites (N-methyl/N-ethyl adjacent to an activating group) is 1. The van der Waals surface area contributed by atoms with Gasteiger partial charge in [0, 0.05) is 13.1 Å². The van der Waals surface area contributed by atoms with E-state index in [1.54, 1.807) is 7.11 Å². The molecule has 128 valence electrons. The van der Waals surface area contributed by atoms with E-state index in [2.05, 4.69) is 15.5 Å². The number of ether oxygens (including phenoxy) is 2. The summed E-state index contributed by atoms with van der Waals surface area (Å²) in [6.45, 7) is 2.86. The molecule has 0 radical (unpaired) electrons. The number of rotatable bonds is 8. The number of methoxy groups -OCH3 is 1. The van der Waals surface area contributed by atoms with Gasteiger partial charge in [-0.3, -0.25) is 4.79 Å². The van der Waals surface area contributed by atoms with Crippen molar-refractivity contribution in [2.24, 2.45) is 0 Å². The van der Waals surface area contributed by atoms with E-state index >= 15 is 0 Å². The summed E-state index contributed by atoms with van der Waals surface area (Å²) in [7, 11) is 5.64. The number of amides is 1. The van der Waals surface area contributed by atoms with Crippen molar-refractivity contribution in [1.82, 2.24) is 15.5 Å². The van der Waals surface area contributed by atoms with Gasteiger partial charge in [0.15, 0.2) is 11.5 Å². The van der Waals surface area contributed by atoms with Gasteiger partial charge < -0.3 is 25.0 Å². The zero-order valence-electron chi connectivity index (χ0n) is 14.2. The normalized spacial score (nSPS) is 17.3. The Morgan fingerprint density at radius 2 is 2.22 bits per heavy atom. The zero-order chi connectivity index (χ0) is 16.7. The first-order valence-electron chi connectivity index (χ1n) is 8.05. The van der Waals surface area contributed by atoms with Crippen LogP contribution in [0.25, 0.3) is 0 Å². The van der Waals surface area contributed by atoms with Crippen LogP contribution in [0.1, 0.15) is 18.4 Å². The lowest BCUT2D eigenvalue weighted by molar-refractivity contribution is -0.122. The molecule has 2 rings (SSSR count). The summed E-state index contributed by atoms with van der Waals surface area (Å²) >= 11 is 0. The minimum absolute atomic E-state index is 0.0504. The van der Waals surface area contributed by atoms with Gasteiger partial charge in [-0.05, 0) is 51.2 Å². The van der Waals surface area contributed by atoms with Crippen LogP contribution < -0.4 is 20.1 Å². The molecule has 0 bridgehead atoms. The van der Waals surface area contributed by atoms with Crippen molar-refractivity contribution >= 4 is 5.91 Å². The van der Waals surface area contributed by atoms with E-state index < -0.39 is 0 Å². The largest absolute Gasteiger partial charge is 0.493 e. The summed E-state index contributed by atoms with van der Waals surface area (Å²) in [5.41, 5.74) is 0.994. The zero-order valence-corrected chi connectivity index (χ0v) is 14.2. The fourth-order valence-corrected chi connectivity index (χ4v) is 2.50. The van der Waals surface area contributed by atoms with Crippen LogP contribution in [0, 0.1) is 0 Å². The SMILES string of the molecule is COc1cc(CNC(=O)C2CCCN2)ccc1OCCN(C)C. The molecule has 0 saturated carbocycles. The minimum atomic E-state index is -0.0504. The van der Waals surface area contributed by atoms with Gasteiger partial charge in [0.2, 0.25) is 5.91 Å². The molecule has 23 heavy (non-hydrogen) atoms. The lowest BCUT2D eigenvalue weighted by Gasteiger charge is -2.15. The van der Waals surface area contributed by atoms with Crippen molar-refractivity contribution in [3.63, 3.8) is 0 Å². The maximum atomic E-state index is 12.0. The van der Waals surface area contributed by atoms with E-state index in [0.29, 0.717) is 18.9 Å². The molecule has 1 aromatic carbocycles. The molecule has 6 nitrogen and oxygen atoms in total. The van der Waals surface area contributed by atoms with Crippen LogP contribution in [0.4, 0.5) is 0 Å². The van der Waals surface area contributed by atoms with Crippen LogP contribution in [-0.2, 0) is 11.3 Å². The Labute approximate surface area is 138 Å². The van der Waals surface area contributed by atoms with Gasteiger partial charge in [-0.2, -0.15) is 0 Å². The molecule has 0 spiro atoms. The third-order valence-corrected chi connectivity index (χ3v) is 3.87. The Morgan fingerprint density at radius 3 is 2.87 bits per heavy atom. The van der Waals surface area contributed by atoms with Crippen molar-refractivity contribution in [2.75, 3.05) is 40.9 Å². The summed E-state index contributed by atoms with van der Waals surface area (Å²) in [4.78, 5) is 14.1. The van der Waals surface area contributed by atoms with Crippen LogP contribution in [0.2, 0.25) is 0 Å². The van der Waals surface area contributed by atoms with Crippen molar-refractivity contribution in [3.8, 4) is 11.5 Å². The van der Waals surface area contributed by atoms with Crippen molar-refractivity contribution in [2.45, 2.75) is 25.4 Å². The molecule has 1 amide bonds. The number of benzene rings is 1. The van der Waals surface area contributed by atoms with Gasteiger partial charge in [-0.15, -0.1) is 0 Å². The first-order chi connectivity index (χ1) is 11.1.